The SMILES string of the molecule is Cc1ccccc1C(=O)N(CCN1CCN(S(=O)(=O)c2ccc(C(C)(C)C)cc2)CC1)Cc1ccc(F)cc1. The van der Waals surface area contributed by atoms with E-state index in [0.717, 1.165) is 16.7 Å². The second-order valence-electron chi connectivity index (χ2n) is 11.2. The second kappa shape index (κ2) is 12.0. The molecule has 0 saturated carbocycles. The van der Waals surface area contributed by atoms with Crippen molar-refractivity contribution in [3.8, 4) is 0 Å². The van der Waals surface area contributed by atoms with Gasteiger partial charge in [-0.05, 0) is 59.4 Å². The van der Waals surface area contributed by atoms with Crippen molar-refractivity contribution in [3.05, 3.63) is 101 Å². The number of hydrogen-bond acceptors (Lipinski definition) is 4. The van der Waals surface area contributed by atoms with Gasteiger partial charge in [-0.15, -0.1) is 0 Å². The minimum atomic E-state index is -3.57. The third-order valence-corrected chi connectivity index (χ3v) is 9.24. The quantitative estimate of drug-likeness (QED) is 0.392. The molecule has 0 aliphatic carbocycles. The zero-order valence-electron chi connectivity index (χ0n) is 23.2. The average molecular weight is 552 g/mol. The van der Waals surface area contributed by atoms with Gasteiger partial charge in [0, 0.05) is 51.4 Å². The molecule has 1 aliphatic rings. The highest BCUT2D eigenvalue weighted by molar-refractivity contribution is 7.89. The molecule has 39 heavy (non-hydrogen) atoms. The van der Waals surface area contributed by atoms with Crippen molar-refractivity contribution in [2.45, 2.75) is 44.6 Å². The van der Waals surface area contributed by atoms with Crippen LogP contribution in [0.4, 0.5) is 4.39 Å². The number of carbonyl (C=O) groups excluding carboxylic acids is 1. The minimum absolute atomic E-state index is 0.0426. The number of carbonyl (C=O) groups is 1. The van der Waals surface area contributed by atoms with Crippen molar-refractivity contribution in [1.82, 2.24) is 14.1 Å². The first-order valence-corrected chi connectivity index (χ1v) is 14.8. The van der Waals surface area contributed by atoms with Crippen molar-refractivity contribution in [2.75, 3.05) is 39.3 Å². The van der Waals surface area contributed by atoms with E-state index < -0.39 is 10.0 Å². The number of rotatable bonds is 8. The van der Waals surface area contributed by atoms with Gasteiger partial charge in [0.2, 0.25) is 10.0 Å². The Kier molecular flexibility index (Phi) is 8.89. The summed E-state index contributed by atoms with van der Waals surface area (Å²) in [6.45, 7) is 11.6. The van der Waals surface area contributed by atoms with Crippen LogP contribution in [0.1, 0.15) is 47.8 Å². The summed E-state index contributed by atoms with van der Waals surface area (Å²) in [5.74, 6) is -0.383. The lowest BCUT2D eigenvalue weighted by Gasteiger charge is -2.35. The van der Waals surface area contributed by atoms with E-state index >= 15 is 0 Å². The lowest BCUT2D eigenvalue weighted by molar-refractivity contribution is 0.0710. The fourth-order valence-corrected chi connectivity index (χ4v) is 6.20. The van der Waals surface area contributed by atoms with Gasteiger partial charge < -0.3 is 4.90 Å². The van der Waals surface area contributed by atoms with Gasteiger partial charge in [-0.25, -0.2) is 12.8 Å². The van der Waals surface area contributed by atoms with E-state index in [1.54, 1.807) is 33.5 Å². The Hall–Kier alpha value is -3.07. The fraction of sp³-hybridized carbons (Fsp3) is 0.387. The summed E-state index contributed by atoms with van der Waals surface area (Å²) in [6.07, 6.45) is 0. The van der Waals surface area contributed by atoms with Crippen LogP contribution in [0.15, 0.2) is 77.7 Å². The maximum Gasteiger partial charge on any atom is 0.254 e. The zero-order chi connectivity index (χ0) is 28.2. The summed E-state index contributed by atoms with van der Waals surface area (Å²) in [6, 6.07) is 20.9. The smallest absolute Gasteiger partial charge is 0.254 e. The molecule has 6 nitrogen and oxygen atoms in total. The Morgan fingerprint density at radius 1 is 0.897 bits per heavy atom. The van der Waals surface area contributed by atoms with Crippen molar-refractivity contribution in [2.24, 2.45) is 0 Å². The molecule has 0 radical (unpaired) electrons. The van der Waals surface area contributed by atoms with Crippen LogP contribution in [0.2, 0.25) is 0 Å². The predicted octanol–water partition coefficient (Wildman–Crippen LogP) is 5.08. The van der Waals surface area contributed by atoms with Crippen LogP contribution in [0.5, 0.6) is 0 Å². The molecular formula is C31H38FN3O3S. The highest BCUT2D eigenvalue weighted by Crippen LogP contribution is 2.25. The number of piperazine rings is 1. The first kappa shape index (κ1) is 28.9. The van der Waals surface area contributed by atoms with E-state index in [9.17, 15) is 17.6 Å². The molecule has 0 bridgehead atoms. The molecule has 4 rings (SSSR count). The monoisotopic (exact) mass is 551 g/mol. The summed E-state index contributed by atoms with van der Waals surface area (Å²) >= 11 is 0. The van der Waals surface area contributed by atoms with Crippen LogP contribution < -0.4 is 0 Å². The summed E-state index contributed by atoms with van der Waals surface area (Å²) in [4.78, 5) is 17.8. The third-order valence-electron chi connectivity index (χ3n) is 7.32. The topological polar surface area (TPSA) is 60.9 Å². The van der Waals surface area contributed by atoms with Crippen molar-refractivity contribution in [3.63, 3.8) is 0 Å². The third kappa shape index (κ3) is 7.12. The predicted molar refractivity (Wildman–Crippen MR) is 153 cm³/mol. The molecule has 0 aromatic heterocycles. The van der Waals surface area contributed by atoms with Crippen molar-refractivity contribution < 1.29 is 17.6 Å². The molecular weight excluding hydrogens is 513 g/mol. The molecule has 208 valence electrons. The highest BCUT2D eigenvalue weighted by Gasteiger charge is 2.29. The van der Waals surface area contributed by atoms with E-state index in [0.29, 0.717) is 56.3 Å². The summed E-state index contributed by atoms with van der Waals surface area (Å²) < 4.78 is 41.5. The highest BCUT2D eigenvalue weighted by atomic mass is 32.2. The lowest BCUT2D eigenvalue weighted by Crippen LogP contribution is -2.50. The molecule has 1 fully saturated rings. The van der Waals surface area contributed by atoms with Crippen LogP contribution in [0.3, 0.4) is 0 Å². The number of sulfonamides is 1. The zero-order valence-corrected chi connectivity index (χ0v) is 24.0. The summed E-state index contributed by atoms with van der Waals surface area (Å²) in [5.41, 5.74) is 3.46. The average Bonchev–Trinajstić information content (AvgIpc) is 2.92. The van der Waals surface area contributed by atoms with E-state index in [-0.39, 0.29) is 17.1 Å². The van der Waals surface area contributed by atoms with Crippen molar-refractivity contribution >= 4 is 15.9 Å². The largest absolute Gasteiger partial charge is 0.333 e. The molecule has 1 aliphatic heterocycles. The molecule has 0 unspecified atom stereocenters. The molecule has 1 amide bonds. The van der Waals surface area contributed by atoms with E-state index in [2.05, 4.69) is 25.7 Å². The number of amides is 1. The van der Waals surface area contributed by atoms with Crippen LogP contribution in [-0.2, 0) is 22.0 Å². The Morgan fingerprint density at radius 2 is 1.51 bits per heavy atom. The molecule has 1 saturated heterocycles. The van der Waals surface area contributed by atoms with Crippen LogP contribution >= 0.6 is 0 Å². The lowest BCUT2D eigenvalue weighted by atomic mass is 9.87. The minimum Gasteiger partial charge on any atom is -0.333 e. The molecule has 1 heterocycles. The van der Waals surface area contributed by atoms with Gasteiger partial charge in [-0.3, -0.25) is 9.69 Å². The second-order valence-corrected chi connectivity index (χ2v) is 13.1. The number of halogens is 1. The van der Waals surface area contributed by atoms with E-state index in [4.69, 9.17) is 0 Å². The van der Waals surface area contributed by atoms with Gasteiger partial charge in [0.05, 0.1) is 4.90 Å². The number of hydrogen-bond donors (Lipinski definition) is 0. The van der Waals surface area contributed by atoms with Gasteiger partial charge in [0.25, 0.3) is 5.91 Å². The molecule has 0 N–H and O–H groups in total. The Balaban J connectivity index is 1.40. The molecule has 3 aromatic carbocycles. The Morgan fingerprint density at radius 3 is 2.10 bits per heavy atom. The van der Waals surface area contributed by atoms with Gasteiger partial charge >= 0.3 is 0 Å². The van der Waals surface area contributed by atoms with E-state index in [1.165, 1.54) is 12.1 Å². The Bertz CT molecular complexity index is 1380. The van der Waals surface area contributed by atoms with E-state index in [1.807, 2.05) is 43.3 Å². The van der Waals surface area contributed by atoms with Crippen LogP contribution in [0, 0.1) is 12.7 Å². The first-order valence-electron chi connectivity index (χ1n) is 13.4. The maximum atomic E-state index is 13.5. The maximum absolute atomic E-state index is 13.5. The molecule has 0 atom stereocenters. The molecule has 8 heteroatoms. The summed E-state index contributed by atoms with van der Waals surface area (Å²) in [5, 5.41) is 0. The standard InChI is InChI=1S/C31H38FN3O3S/c1-24-7-5-6-8-29(24)30(36)34(23-25-9-13-27(32)14-10-25)20-17-33-18-21-35(22-19-33)39(37,38)28-15-11-26(12-16-28)31(2,3)4/h5-16H,17-23H2,1-4H3. The normalized spacial score (nSPS) is 15.3. The first-order chi connectivity index (χ1) is 18.4. The number of benzene rings is 3. The number of aryl methyl sites for hydroxylation is 1. The molecule has 3 aromatic rings. The summed E-state index contributed by atoms with van der Waals surface area (Å²) in [7, 11) is -3.57. The van der Waals surface area contributed by atoms with Gasteiger partial charge in [0.1, 0.15) is 5.82 Å². The van der Waals surface area contributed by atoms with Gasteiger partial charge in [-0.2, -0.15) is 4.31 Å². The number of nitrogens with zero attached hydrogens (tertiary/aromatic N) is 3. The molecule has 0 spiro atoms. The fourth-order valence-electron chi connectivity index (χ4n) is 4.78. The van der Waals surface area contributed by atoms with Crippen molar-refractivity contribution in [1.29, 1.82) is 0 Å². The van der Waals surface area contributed by atoms with Gasteiger partial charge in [0.15, 0.2) is 0 Å². The van der Waals surface area contributed by atoms with Crippen LogP contribution in [-0.4, -0.2) is 67.7 Å². The van der Waals surface area contributed by atoms with Gasteiger partial charge in [-0.1, -0.05) is 63.2 Å². The van der Waals surface area contributed by atoms with Crippen LogP contribution in [0.25, 0.3) is 0 Å². The Labute approximate surface area is 232 Å².